The standard InChI is InChI=1S/C43H48N8O6/c1-25-11-15-27(16-12-25)37-45-23-30(47-37)20-35(51-42(55)57-43(3,4)5)40(53)49-34(19-29-22-44-33-10-8-7-9-32(29)33)39(52)50-36(41(54)56-6)21-31-24-46-38(48-31)28-17-13-26(2)14-18-28/h7-18,22-24,34-36,44H,19-21H2,1-6H3,(H,45,47)(H,46,48)(H,49,53)(H,50,52)(H,51,55)/t34-,35-,36-/m0/s1. The Bertz CT molecular complexity index is 2340. The number of aromatic nitrogens is 5. The van der Waals surface area contributed by atoms with E-state index in [2.05, 4.69) is 40.9 Å². The van der Waals surface area contributed by atoms with E-state index in [9.17, 15) is 19.2 Å². The number of nitrogens with one attached hydrogen (secondary N) is 6. The summed E-state index contributed by atoms with van der Waals surface area (Å²) in [5, 5.41) is 9.23. The smallest absolute Gasteiger partial charge is 0.408 e. The van der Waals surface area contributed by atoms with Gasteiger partial charge in [0.25, 0.3) is 0 Å². The van der Waals surface area contributed by atoms with E-state index in [0.29, 0.717) is 23.0 Å². The molecule has 0 aliphatic heterocycles. The topological polar surface area (TPSA) is 196 Å². The first-order valence-corrected chi connectivity index (χ1v) is 18.7. The first-order chi connectivity index (χ1) is 27.2. The first-order valence-electron chi connectivity index (χ1n) is 18.7. The van der Waals surface area contributed by atoms with Gasteiger partial charge in [0.2, 0.25) is 11.8 Å². The van der Waals surface area contributed by atoms with Gasteiger partial charge in [0.15, 0.2) is 0 Å². The van der Waals surface area contributed by atoms with E-state index >= 15 is 0 Å². The minimum absolute atomic E-state index is 0.000706. The molecule has 14 nitrogen and oxygen atoms in total. The largest absolute Gasteiger partial charge is 0.467 e. The van der Waals surface area contributed by atoms with Gasteiger partial charge in [-0.3, -0.25) is 9.59 Å². The third kappa shape index (κ3) is 10.5. The molecule has 3 amide bonds. The molecule has 0 spiro atoms. The van der Waals surface area contributed by atoms with Crippen LogP contribution in [0.3, 0.4) is 0 Å². The molecule has 57 heavy (non-hydrogen) atoms. The molecule has 0 saturated carbocycles. The average Bonchev–Trinajstić information content (AvgIpc) is 3.94. The number of amides is 3. The number of hydrogen-bond donors (Lipinski definition) is 6. The fourth-order valence-electron chi connectivity index (χ4n) is 6.35. The molecule has 0 unspecified atom stereocenters. The second kappa shape index (κ2) is 17.4. The molecule has 6 aromatic rings. The lowest BCUT2D eigenvalue weighted by atomic mass is 10.0. The van der Waals surface area contributed by atoms with Crippen LogP contribution in [0.25, 0.3) is 33.7 Å². The van der Waals surface area contributed by atoms with Crippen molar-refractivity contribution in [1.82, 2.24) is 40.9 Å². The number of esters is 1. The van der Waals surface area contributed by atoms with Crippen molar-refractivity contribution in [1.29, 1.82) is 0 Å². The van der Waals surface area contributed by atoms with Crippen LogP contribution in [0.1, 0.15) is 48.8 Å². The molecule has 3 atom stereocenters. The van der Waals surface area contributed by atoms with Gasteiger partial charge >= 0.3 is 12.1 Å². The Kier molecular flexibility index (Phi) is 12.2. The number of aromatic amines is 3. The Morgan fingerprint density at radius 2 is 1.19 bits per heavy atom. The van der Waals surface area contributed by atoms with E-state index in [4.69, 9.17) is 9.47 Å². The highest BCUT2D eigenvalue weighted by Crippen LogP contribution is 2.21. The highest BCUT2D eigenvalue weighted by Gasteiger charge is 2.32. The zero-order valence-corrected chi connectivity index (χ0v) is 32.9. The number of methoxy groups -OCH3 is 1. The minimum atomic E-state index is -1.19. The second-order valence-corrected chi connectivity index (χ2v) is 15.1. The van der Waals surface area contributed by atoms with Crippen molar-refractivity contribution < 1.29 is 28.7 Å². The zero-order chi connectivity index (χ0) is 40.7. The fraction of sp³-hybridized carbons (Fsp3) is 0.302. The van der Waals surface area contributed by atoms with Crippen LogP contribution in [0.2, 0.25) is 0 Å². The van der Waals surface area contributed by atoms with Gasteiger partial charge in [-0.2, -0.15) is 0 Å². The van der Waals surface area contributed by atoms with E-state index in [-0.39, 0.29) is 19.3 Å². The Labute approximate surface area is 330 Å². The third-order valence-corrected chi connectivity index (χ3v) is 9.30. The third-order valence-electron chi connectivity index (χ3n) is 9.30. The van der Waals surface area contributed by atoms with E-state index in [1.165, 1.54) is 7.11 Å². The van der Waals surface area contributed by atoms with Crippen LogP contribution in [0.15, 0.2) is 91.4 Å². The summed E-state index contributed by atoms with van der Waals surface area (Å²) in [6.07, 6.45) is 4.26. The van der Waals surface area contributed by atoms with Crippen molar-refractivity contribution >= 4 is 34.8 Å². The summed E-state index contributed by atoms with van der Waals surface area (Å²) >= 11 is 0. The van der Waals surface area contributed by atoms with Gasteiger partial charge in [-0.1, -0.05) is 77.9 Å². The fourth-order valence-corrected chi connectivity index (χ4v) is 6.35. The summed E-state index contributed by atoms with van der Waals surface area (Å²) in [6, 6.07) is 19.7. The molecule has 0 bridgehead atoms. The molecule has 6 N–H and O–H groups in total. The van der Waals surface area contributed by atoms with Crippen LogP contribution in [0, 0.1) is 13.8 Å². The number of rotatable bonds is 14. The van der Waals surface area contributed by atoms with Crippen molar-refractivity contribution in [2.75, 3.05) is 7.11 Å². The quantitative estimate of drug-likeness (QED) is 0.0767. The molecular weight excluding hydrogens is 725 g/mol. The van der Waals surface area contributed by atoms with Gasteiger partial charge in [0, 0.05) is 71.3 Å². The molecule has 3 aromatic carbocycles. The summed E-state index contributed by atoms with van der Waals surface area (Å²) in [7, 11) is 1.24. The number of para-hydroxylation sites is 1. The number of carbonyl (C=O) groups excluding carboxylic acids is 4. The lowest BCUT2D eigenvalue weighted by Gasteiger charge is -2.26. The number of alkyl carbamates (subject to hydrolysis) is 1. The molecule has 0 fully saturated rings. The predicted molar refractivity (Wildman–Crippen MR) is 216 cm³/mol. The van der Waals surface area contributed by atoms with Crippen LogP contribution in [0.4, 0.5) is 4.79 Å². The van der Waals surface area contributed by atoms with E-state index < -0.39 is 47.6 Å². The maximum absolute atomic E-state index is 14.3. The summed E-state index contributed by atoms with van der Waals surface area (Å²) in [6.45, 7) is 9.14. The molecule has 0 radical (unpaired) electrons. The van der Waals surface area contributed by atoms with Crippen LogP contribution >= 0.6 is 0 Å². The van der Waals surface area contributed by atoms with Crippen molar-refractivity contribution in [3.63, 3.8) is 0 Å². The van der Waals surface area contributed by atoms with Crippen LogP contribution in [0.5, 0.6) is 0 Å². The van der Waals surface area contributed by atoms with Crippen molar-refractivity contribution in [2.45, 2.75) is 77.6 Å². The van der Waals surface area contributed by atoms with Crippen molar-refractivity contribution in [3.05, 3.63) is 119 Å². The molecule has 296 valence electrons. The molecule has 14 heteroatoms. The number of fused-ring (bicyclic) bond motifs is 1. The number of carbonyl (C=O) groups is 4. The highest BCUT2D eigenvalue weighted by atomic mass is 16.6. The summed E-state index contributed by atoms with van der Waals surface area (Å²) in [5.74, 6) is -0.772. The molecule has 0 saturated heterocycles. The zero-order valence-electron chi connectivity index (χ0n) is 32.9. The molecule has 6 rings (SSSR count). The van der Waals surface area contributed by atoms with Gasteiger partial charge in [0.1, 0.15) is 35.4 Å². The highest BCUT2D eigenvalue weighted by molar-refractivity contribution is 5.94. The normalized spacial score (nSPS) is 13.0. The van der Waals surface area contributed by atoms with E-state index in [1.807, 2.05) is 86.6 Å². The number of H-pyrrole nitrogens is 3. The number of benzene rings is 3. The Morgan fingerprint density at radius 1 is 0.684 bits per heavy atom. The van der Waals surface area contributed by atoms with Crippen molar-refractivity contribution in [3.8, 4) is 22.8 Å². The Morgan fingerprint density at radius 3 is 1.74 bits per heavy atom. The van der Waals surface area contributed by atoms with Crippen molar-refractivity contribution in [2.24, 2.45) is 0 Å². The monoisotopic (exact) mass is 772 g/mol. The SMILES string of the molecule is COC(=O)[C@H](Cc1cnc(-c2ccc(C)cc2)[nH]1)NC(=O)[C@H](Cc1c[nH]c2ccccc12)NC(=O)[C@H](Cc1cnc(-c2ccc(C)cc2)[nH]1)NC(=O)OC(C)(C)C. The molecular formula is C43H48N8O6. The Balaban J connectivity index is 1.26. The van der Waals surface area contributed by atoms with Gasteiger partial charge in [-0.15, -0.1) is 0 Å². The lowest BCUT2D eigenvalue weighted by Crippen LogP contribution is -2.57. The molecule has 0 aliphatic rings. The summed E-state index contributed by atoms with van der Waals surface area (Å²) < 4.78 is 10.6. The Hall–Kier alpha value is -6.70. The maximum atomic E-state index is 14.3. The lowest BCUT2D eigenvalue weighted by molar-refractivity contribution is -0.145. The molecule has 3 heterocycles. The van der Waals surface area contributed by atoms with Gasteiger partial charge < -0.3 is 40.4 Å². The van der Waals surface area contributed by atoms with E-state index in [1.54, 1.807) is 39.4 Å². The number of nitrogens with zero attached hydrogens (tertiary/aromatic N) is 2. The van der Waals surface area contributed by atoms with Crippen LogP contribution < -0.4 is 16.0 Å². The van der Waals surface area contributed by atoms with Crippen LogP contribution in [-0.4, -0.2) is 79.6 Å². The molecule has 3 aromatic heterocycles. The van der Waals surface area contributed by atoms with Gasteiger partial charge in [-0.05, 0) is 46.2 Å². The number of ether oxygens (including phenoxy) is 2. The predicted octanol–water partition coefficient (Wildman–Crippen LogP) is 5.63. The van der Waals surface area contributed by atoms with Gasteiger partial charge in [0.05, 0.1) is 7.11 Å². The maximum Gasteiger partial charge on any atom is 0.408 e. The molecule has 0 aliphatic carbocycles. The first kappa shape index (κ1) is 40.0. The van der Waals surface area contributed by atoms with Crippen LogP contribution in [-0.2, 0) is 43.1 Å². The van der Waals surface area contributed by atoms with E-state index in [0.717, 1.165) is 38.7 Å². The summed E-state index contributed by atoms with van der Waals surface area (Å²) in [4.78, 5) is 73.5. The number of imidazole rings is 2. The minimum Gasteiger partial charge on any atom is -0.467 e. The number of hydrogen-bond acceptors (Lipinski definition) is 8. The summed E-state index contributed by atoms with van der Waals surface area (Å²) in [5.41, 5.74) is 5.84. The average molecular weight is 773 g/mol. The number of aryl methyl sites for hydroxylation is 2. The van der Waals surface area contributed by atoms with Gasteiger partial charge in [-0.25, -0.2) is 19.6 Å². The second-order valence-electron chi connectivity index (χ2n) is 15.1.